The molecule has 3 rings (SSSR count). The van der Waals surface area contributed by atoms with Crippen LogP contribution in [0.4, 0.5) is 0 Å². The van der Waals surface area contributed by atoms with Crippen LogP contribution < -0.4 is 9.47 Å². The highest BCUT2D eigenvalue weighted by molar-refractivity contribution is 5.78. The molecule has 1 aliphatic heterocycles. The Bertz CT molecular complexity index is 814. The zero-order valence-corrected chi connectivity index (χ0v) is 15.0. The number of nitrogens with zero attached hydrogens (tertiary/aromatic N) is 2. The number of aryl methyl sites for hydroxylation is 1. The van der Waals surface area contributed by atoms with Gasteiger partial charge >= 0.3 is 0 Å². The van der Waals surface area contributed by atoms with Crippen LogP contribution in [0.15, 0.2) is 48.5 Å². The van der Waals surface area contributed by atoms with Gasteiger partial charge in [0.05, 0.1) is 19.1 Å². The minimum absolute atomic E-state index is 0.0408. The van der Waals surface area contributed by atoms with Crippen LogP contribution in [0.2, 0.25) is 0 Å². The van der Waals surface area contributed by atoms with E-state index in [0.717, 1.165) is 11.1 Å². The summed E-state index contributed by atoms with van der Waals surface area (Å²) in [6, 6.07) is 17.8. The first-order chi connectivity index (χ1) is 12.6. The van der Waals surface area contributed by atoms with Crippen LogP contribution in [0, 0.1) is 24.2 Å². The number of amides is 1. The minimum atomic E-state index is -0.199. The molecule has 0 aliphatic carbocycles. The third kappa shape index (κ3) is 3.80. The van der Waals surface area contributed by atoms with Gasteiger partial charge < -0.3 is 14.4 Å². The van der Waals surface area contributed by atoms with E-state index in [-0.39, 0.29) is 24.3 Å². The normalized spacial score (nSPS) is 19.0. The fourth-order valence-corrected chi connectivity index (χ4v) is 3.30. The fraction of sp³-hybridized carbons (Fsp3) is 0.333. The lowest BCUT2D eigenvalue weighted by molar-refractivity contribution is -0.132. The maximum atomic E-state index is 12.6. The summed E-state index contributed by atoms with van der Waals surface area (Å²) < 4.78 is 11.0. The number of carbonyl (C=O) groups excluding carboxylic acids is 1. The Morgan fingerprint density at radius 1 is 1.19 bits per heavy atom. The second-order valence-corrected chi connectivity index (χ2v) is 6.49. The molecule has 0 spiro atoms. The SMILES string of the molecule is COc1cc(C)ccc1OCC(=O)N1C[C@@H](C#N)[C@H](c2ccccc2)C1. The summed E-state index contributed by atoms with van der Waals surface area (Å²) in [6.45, 7) is 2.87. The predicted molar refractivity (Wildman–Crippen MR) is 98.1 cm³/mol. The number of hydrogen-bond donors (Lipinski definition) is 0. The first kappa shape index (κ1) is 17.8. The highest BCUT2D eigenvalue weighted by Gasteiger charge is 2.36. The summed E-state index contributed by atoms with van der Waals surface area (Å²) in [5.74, 6) is 0.874. The van der Waals surface area contributed by atoms with E-state index in [9.17, 15) is 10.1 Å². The summed E-state index contributed by atoms with van der Waals surface area (Å²) >= 11 is 0. The average Bonchev–Trinajstić information content (AvgIpc) is 3.12. The van der Waals surface area contributed by atoms with Gasteiger partial charge in [0.1, 0.15) is 0 Å². The smallest absolute Gasteiger partial charge is 0.260 e. The van der Waals surface area contributed by atoms with E-state index < -0.39 is 0 Å². The van der Waals surface area contributed by atoms with Gasteiger partial charge in [0, 0.05) is 19.0 Å². The molecule has 0 unspecified atom stereocenters. The summed E-state index contributed by atoms with van der Waals surface area (Å²) in [5, 5.41) is 9.46. The van der Waals surface area contributed by atoms with Crippen molar-refractivity contribution in [1.29, 1.82) is 5.26 Å². The molecule has 1 aliphatic rings. The zero-order chi connectivity index (χ0) is 18.5. The van der Waals surface area contributed by atoms with Crippen molar-refractivity contribution < 1.29 is 14.3 Å². The van der Waals surface area contributed by atoms with Gasteiger partial charge in [-0.3, -0.25) is 4.79 Å². The highest BCUT2D eigenvalue weighted by Crippen LogP contribution is 2.32. The number of hydrogen-bond acceptors (Lipinski definition) is 4. The molecule has 134 valence electrons. The molecule has 0 saturated carbocycles. The van der Waals surface area contributed by atoms with Crippen molar-refractivity contribution >= 4 is 5.91 Å². The molecule has 5 heteroatoms. The van der Waals surface area contributed by atoms with Gasteiger partial charge in [0.15, 0.2) is 18.1 Å². The van der Waals surface area contributed by atoms with Crippen molar-refractivity contribution in [1.82, 2.24) is 4.90 Å². The van der Waals surface area contributed by atoms with Gasteiger partial charge in [-0.15, -0.1) is 0 Å². The van der Waals surface area contributed by atoms with Crippen molar-refractivity contribution in [2.24, 2.45) is 5.92 Å². The van der Waals surface area contributed by atoms with Crippen LogP contribution in [0.1, 0.15) is 17.0 Å². The Kier molecular flexibility index (Phi) is 5.43. The molecule has 1 fully saturated rings. The van der Waals surface area contributed by atoms with E-state index in [1.54, 1.807) is 18.1 Å². The van der Waals surface area contributed by atoms with Crippen molar-refractivity contribution in [2.45, 2.75) is 12.8 Å². The largest absolute Gasteiger partial charge is 0.493 e. The Morgan fingerprint density at radius 3 is 2.65 bits per heavy atom. The van der Waals surface area contributed by atoms with Crippen LogP contribution in [-0.2, 0) is 4.79 Å². The number of nitriles is 1. The predicted octanol–water partition coefficient (Wildman–Crippen LogP) is 3.15. The Morgan fingerprint density at radius 2 is 1.96 bits per heavy atom. The first-order valence-electron chi connectivity index (χ1n) is 8.62. The molecule has 2 aromatic carbocycles. The van der Waals surface area contributed by atoms with Crippen LogP contribution in [0.25, 0.3) is 0 Å². The van der Waals surface area contributed by atoms with E-state index in [0.29, 0.717) is 24.6 Å². The quantitative estimate of drug-likeness (QED) is 0.831. The summed E-state index contributed by atoms with van der Waals surface area (Å²) in [5.41, 5.74) is 2.15. The molecule has 0 N–H and O–H groups in total. The number of benzene rings is 2. The van der Waals surface area contributed by atoms with Crippen molar-refractivity contribution in [2.75, 3.05) is 26.8 Å². The molecular weight excluding hydrogens is 328 g/mol. The Balaban J connectivity index is 1.65. The summed E-state index contributed by atoms with van der Waals surface area (Å²) in [4.78, 5) is 14.3. The zero-order valence-electron chi connectivity index (χ0n) is 15.0. The topological polar surface area (TPSA) is 62.6 Å². The Labute approximate surface area is 153 Å². The van der Waals surface area contributed by atoms with Gasteiger partial charge in [0.2, 0.25) is 0 Å². The molecule has 2 aromatic rings. The maximum absolute atomic E-state index is 12.6. The van der Waals surface area contributed by atoms with Crippen LogP contribution >= 0.6 is 0 Å². The minimum Gasteiger partial charge on any atom is -0.493 e. The second-order valence-electron chi connectivity index (χ2n) is 6.49. The number of ether oxygens (including phenoxy) is 2. The maximum Gasteiger partial charge on any atom is 0.260 e. The molecule has 0 bridgehead atoms. The molecule has 1 saturated heterocycles. The standard InChI is InChI=1S/C21H22N2O3/c1-15-8-9-19(20(10-15)25-2)26-14-21(24)23-12-17(11-22)18(13-23)16-6-4-3-5-7-16/h3-10,17-18H,12-14H2,1-2H3/t17-,18+/m1/s1. The number of rotatable bonds is 5. The molecule has 1 amide bonds. The van der Waals surface area contributed by atoms with E-state index in [2.05, 4.69) is 6.07 Å². The molecule has 0 radical (unpaired) electrons. The monoisotopic (exact) mass is 350 g/mol. The lowest BCUT2D eigenvalue weighted by Crippen LogP contribution is -2.33. The van der Waals surface area contributed by atoms with E-state index in [1.807, 2.05) is 49.4 Å². The van der Waals surface area contributed by atoms with Crippen molar-refractivity contribution in [3.8, 4) is 17.6 Å². The fourth-order valence-electron chi connectivity index (χ4n) is 3.30. The van der Waals surface area contributed by atoms with E-state index >= 15 is 0 Å². The molecule has 5 nitrogen and oxygen atoms in total. The van der Waals surface area contributed by atoms with Gasteiger partial charge in [-0.1, -0.05) is 36.4 Å². The van der Waals surface area contributed by atoms with Crippen LogP contribution in [0.5, 0.6) is 11.5 Å². The molecular formula is C21H22N2O3. The highest BCUT2D eigenvalue weighted by atomic mass is 16.5. The molecule has 2 atom stereocenters. The van der Waals surface area contributed by atoms with Gasteiger partial charge in [-0.2, -0.15) is 5.26 Å². The molecule has 26 heavy (non-hydrogen) atoms. The van der Waals surface area contributed by atoms with Gasteiger partial charge in [-0.05, 0) is 30.2 Å². The van der Waals surface area contributed by atoms with Crippen LogP contribution in [-0.4, -0.2) is 37.6 Å². The van der Waals surface area contributed by atoms with Gasteiger partial charge in [0.25, 0.3) is 5.91 Å². The third-order valence-corrected chi connectivity index (χ3v) is 4.74. The van der Waals surface area contributed by atoms with Crippen molar-refractivity contribution in [3.63, 3.8) is 0 Å². The summed E-state index contributed by atoms with van der Waals surface area (Å²) in [7, 11) is 1.58. The lowest BCUT2D eigenvalue weighted by atomic mass is 9.90. The number of likely N-dealkylation sites (tertiary alicyclic amines) is 1. The molecule has 1 heterocycles. The lowest BCUT2D eigenvalue weighted by Gasteiger charge is -2.17. The van der Waals surface area contributed by atoms with E-state index in [1.165, 1.54) is 0 Å². The Hall–Kier alpha value is -3.00. The first-order valence-corrected chi connectivity index (χ1v) is 8.62. The van der Waals surface area contributed by atoms with Crippen LogP contribution in [0.3, 0.4) is 0 Å². The second kappa shape index (κ2) is 7.92. The summed E-state index contributed by atoms with van der Waals surface area (Å²) in [6.07, 6.45) is 0. The molecule has 0 aromatic heterocycles. The third-order valence-electron chi connectivity index (χ3n) is 4.74. The van der Waals surface area contributed by atoms with Gasteiger partial charge in [-0.25, -0.2) is 0 Å². The van der Waals surface area contributed by atoms with E-state index in [4.69, 9.17) is 9.47 Å². The number of methoxy groups -OCH3 is 1. The average molecular weight is 350 g/mol. The van der Waals surface area contributed by atoms with Crippen molar-refractivity contribution in [3.05, 3.63) is 59.7 Å². The number of carbonyl (C=O) groups is 1.